The molecule has 0 amide bonds. The predicted octanol–water partition coefficient (Wildman–Crippen LogP) is 1.49. The lowest BCUT2D eigenvalue weighted by Crippen LogP contribution is -2.48. The normalized spacial score (nSPS) is 12.5. The van der Waals surface area contributed by atoms with Crippen LogP contribution in [0.2, 0.25) is 19.6 Å². The molecular formula is C8H22N2Si. The largest absolute Gasteiger partial charge is 0.329 e. The molecule has 11 heavy (non-hydrogen) atoms. The van der Waals surface area contributed by atoms with Gasteiger partial charge in [0.25, 0.3) is 0 Å². The zero-order valence-corrected chi connectivity index (χ0v) is 9.35. The van der Waals surface area contributed by atoms with Crippen LogP contribution in [0.15, 0.2) is 0 Å². The highest BCUT2D eigenvalue weighted by Gasteiger charge is 2.21. The van der Waals surface area contributed by atoms with E-state index in [9.17, 15) is 0 Å². The molecular weight excluding hydrogens is 152 g/mol. The van der Waals surface area contributed by atoms with Crippen LogP contribution in [-0.4, -0.2) is 32.4 Å². The second kappa shape index (κ2) is 4.90. The maximum atomic E-state index is 5.54. The Hall–Kier alpha value is 0.137. The third-order valence-electron chi connectivity index (χ3n) is 1.84. The van der Waals surface area contributed by atoms with Gasteiger partial charge in [0.2, 0.25) is 0 Å². The van der Waals surface area contributed by atoms with Crippen molar-refractivity contribution in [2.45, 2.75) is 33.0 Å². The lowest BCUT2D eigenvalue weighted by atomic mass is 10.5. The van der Waals surface area contributed by atoms with Gasteiger partial charge in [0.1, 0.15) is 8.24 Å². The molecule has 2 N–H and O–H groups in total. The van der Waals surface area contributed by atoms with E-state index in [4.69, 9.17) is 5.73 Å². The molecule has 0 aromatic rings. The molecule has 0 unspecified atom stereocenters. The van der Waals surface area contributed by atoms with E-state index in [1.165, 1.54) is 13.0 Å². The van der Waals surface area contributed by atoms with E-state index in [0.29, 0.717) is 0 Å². The highest BCUT2D eigenvalue weighted by molar-refractivity contribution is 6.73. The fourth-order valence-corrected chi connectivity index (χ4v) is 2.90. The molecule has 0 bridgehead atoms. The van der Waals surface area contributed by atoms with E-state index in [2.05, 4.69) is 31.1 Å². The number of nitrogens with two attached hydrogens (primary N) is 1. The van der Waals surface area contributed by atoms with Crippen LogP contribution < -0.4 is 5.73 Å². The summed E-state index contributed by atoms with van der Waals surface area (Å²) >= 11 is 0. The Bertz CT molecular complexity index is 92.8. The van der Waals surface area contributed by atoms with Crippen molar-refractivity contribution in [1.82, 2.24) is 4.57 Å². The molecule has 0 aliphatic carbocycles. The van der Waals surface area contributed by atoms with Crippen LogP contribution in [0.4, 0.5) is 0 Å². The van der Waals surface area contributed by atoms with Gasteiger partial charge in [0.05, 0.1) is 0 Å². The van der Waals surface area contributed by atoms with Gasteiger partial charge in [-0.3, -0.25) is 0 Å². The molecule has 0 aliphatic rings. The van der Waals surface area contributed by atoms with Crippen molar-refractivity contribution in [3.8, 4) is 0 Å². The summed E-state index contributed by atoms with van der Waals surface area (Å²) in [6, 6.07) is 0. The Labute approximate surface area is 71.9 Å². The van der Waals surface area contributed by atoms with E-state index >= 15 is 0 Å². The zero-order valence-electron chi connectivity index (χ0n) is 8.35. The second-order valence-corrected chi connectivity index (χ2v) is 8.92. The molecule has 0 aliphatic heterocycles. The lowest BCUT2D eigenvalue weighted by Gasteiger charge is -2.33. The van der Waals surface area contributed by atoms with Crippen molar-refractivity contribution >= 4 is 8.24 Å². The lowest BCUT2D eigenvalue weighted by molar-refractivity contribution is 0.431. The van der Waals surface area contributed by atoms with Crippen molar-refractivity contribution in [2.75, 3.05) is 19.6 Å². The summed E-state index contributed by atoms with van der Waals surface area (Å²) in [4.78, 5) is 0. The number of hydrogen-bond donors (Lipinski definition) is 1. The standard InChI is InChI=1S/C8H22N2Si/c1-5-7-10(8-6-9)11(2,3)4/h5-9H2,1-4H3. The van der Waals surface area contributed by atoms with Crippen LogP contribution in [0.1, 0.15) is 13.3 Å². The molecule has 0 heterocycles. The van der Waals surface area contributed by atoms with E-state index in [0.717, 1.165) is 13.1 Å². The molecule has 68 valence electrons. The monoisotopic (exact) mass is 174 g/mol. The van der Waals surface area contributed by atoms with Crippen molar-refractivity contribution in [3.05, 3.63) is 0 Å². The third kappa shape index (κ3) is 4.56. The Balaban J connectivity index is 3.88. The molecule has 0 aromatic heterocycles. The van der Waals surface area contributed by atoms with Crippen LogP contribution in [0.5, 0.6) is 0 Å². The first kappa shape index (κ1) is 11.1. The van der Waals surface area contributed by atoms with Gasteiger partial charge in [-0.2, -0.15) is 0 Å². The minimum absolute atomic E-state index is 0.796. The Morgan fingerprint density at radius 1 is 1.18 bits per heavy atom. The van der Waals surface area contributed by atoms with Crippen LogP contribution in [0.25, 0.3) is 0 Å². The minimum atomic E-state index is -1.08. The maximum absolute atomic E-state index is 5.54. The van der Waals surface area contributed by atoms with Gasteiger partial charge in [-0.1, -0.05) is 26.6 Å². The van der Waals surface area contributed by atoms with E-state index in [1.54, 1.807) is 0 Å². The maximum Gasteiger partial charge on any atom is 0.119 e. The smallest absolute Gasteiger partial charge is 0.119 e. The van der Waals surface area contributed by atoms with Gasteiger partial charge in [0, 0.05) is 13.1 Å². The van der Waals surface area contributed by atoms with Gasteiger partial charge < -0.3 is 10.3 Å². The second-order valence-electron chi connectivity index (χ2n) is 3.95. The van der Waals surface area contributed by atoms with Crippen LogP contribution in [0, 0.1) is 0 Å². The van der Waals surface area contributed by atoms with Crippen molar-refractivity contribution in [1.29, 1.82) is 0 Å². The van der Waals surface area contributed by atoms with Crippen LogP contribution >= 0.6 is 0 Å². The number of hydrogen-bond acceptors (Lipinski definition) is 2. The Kier molecular flexibility index (Phi) is 4.96. The van der Waals surface area contributed by atoms with Crippen molar-refractivity contribution in [3.63, 3.8) is 0 Å². The SMILES string of the molecule is CCCN(CCN)[Si](C)(C)C. The Morgan fingerprint density at radius 2 is 1.73 bits per heavy atom. The van der Waals surface area contributed by atoms with Crippen molar-refractivity contribution < 1.29 is 0 Å². The predicted molar refractivity (Wildman–Crippen MR) is 54.3 cm³/mol. The Morgan fingerprint density at radius 3 is 2.00 bits per heavy atom. The summed E-state index contributed by atoms with van der Waals surface area (Å²) in [5, 5.41) is 0. The first-order valence-corrected chi connectivity index (χ1v) is 7.92. The fourth-order valence-electron chi connectivity index (χ4n) is 1.21. The highest BCUT2D eigenvalue weighted by atomic mass is 28.3. The average molecular weight is 174 g/mol. The van der Waals surface area contributed by atoms with Gasteiger partial charge >= 0.3 is 0 Å². The molecule has 0 atom stereocenters. The first-order chi connectivity index (χ1) is 5.02. The zero-order chi connectivity index (χ0) is 8.91. The molecule has 0 fully saturated rings. The quantitative estimate of drug-likeness (QED) is 0.640. The molecule has 0 saturated heterocycles. The van der Waals surface area contributed by atoms with E-state index in [-0.39, 0.29) is 0 Å². The van der Waals surface area contributed by atoms with Crippen molar-refractivity contribution in [2.24, 2.45) is 5.73 Å². The van der Waals surface area contributed by atoms with E-state index in [1.807, 2.05) is 0 Å². The number of nitrogens with zero attached hydrogens (tertiary/aromatic N) is 1. The van der Waals surface area contributed by atoms with Gasteiger partial charge in [-0.05, 0) is 13.0 Å². The molecule has 0 aromatic carbocycles. The summed E-state index contributed by atoms with van der Waals surface area (Å²) in [5.41, 5.74) is 5.54. The molecule has 0 spiro atoms. The summed E-state index contributed by atoms with van der Waals surface area (Å²) < 4.78 is 2.56. The summed E-state index contributed by atoms with van der Waals surface area (Å²) in [6.45, 7) is 12.4. The molecule has 0 radical (unpaired) electrons. The highest BCUT2D eigenvalue weighted by Crippen LogP contribution is 2.08. The summed E-state index contributed by atoms with van der Waals surface area (Å²) in [5.74, 6) is 0. The fraction of sp³-hybridized carbons (Fsp3) is 1.00. The molecule has 3 heteroatoms. The summed E-state index contributed by atoms with van der Waals surface area (Å²) in [6.07, 6.45) is 1.24. The van der Waals surface area contributed by atoms with Gasteiger partial charge in [-0.15, -0.1) is 0 Å². The number of rotatable bonds is 5. The summed E-state index contributed by atoms with van der Waals surface area (Å²) in [7, 11) is -1.08. The van der Waals surface area contributed by atoms with Gasteiger partial charge in [0.15, 0.2) is 0 Å². The average Bonchev–Trinajstić information content (AvgIpc) is 1.85. The first-order valence-electron chi connectivity index (χ1n) is 4.47. The van der Waals surface area contributed by atoms with Gasteiger partial charge in [-0.25, -0.2) is 0 Å². The molecule has 0 rings (SSSR count). The third-order valence-corrected chi connectivity index (χ3v) is 4.19. The topological polar surface area (TPSA) is 29.3 Å². The van der Waals surface area contributed by atoms with Crippen LogP contribution in [-0.2, 0) is 0 Å². The van der Waals surface area contributed by atoms with Crippen LogP contribution in [0.3, 0.4) is 0 Å². The minimum Gasteiger partial charge on any atom is -0.329 e. The van der Waals surface area contributed by atoms with E-state index < -0.39 is 8.24 Å². The molecule has 2 nitrogen and oxygen atoms in total. The molecule has 0 saturated carbocycles.